The maximum atomic E-state index is 11.0. The van der Waals surface area contributed by atoms with E-state index in [1.807, 2.05) is 13.8 Å². The maximum absolute atomic E-state index is 11.0. The number of carbonyl (C=O) groups excluding carboxylic acids is 4. The van der Waals surface area contributed by atoms with Crippen LogP contribution in [-0.2, 0) is 28.7 Å². The van der Waals surface area contributed by atoms with E-state index >= 15 is 0 Å². The molecule has 0 aliphatic carbocycles. The van der Waals surface area contributed by atoms with Crippen LogP contribution in [0.25, 0.3) is 0 Å². The Kier molecular flexibility index (Phi) is 27.7. The first-order valence-electron chi connectivity index (χ1n) is 11.3. The van der Waals surface area contributed by atoms with Gasteiger partial charge in [0.2, 0.25) is 0 Å². The van der Waals surface area contributed by atoms with Crippen LogP contribution in [0.4, 0.5) is 0 Å². The molecule has 184 valence electrons. The molecule has 2 atom stereocenters. The van der Waals surface area contributed by atoms with Crippen molar-refractivity contribution >= 4 is 61.6 Å². The van der Waals surface area contributed by atoms with Crippen LogP contribution in [0.1, 0.15) is 79.1 Å². The van der Waals surface area contributed by atoms with Crippen molar-refractivity contribution in [3.05, 3.63) is 24.3 Å². The zero-order valence-electron chi connectivity index (χ0n) is 20.5. The molecule has 0 saturated heterocycles. The average Bonchev–Trinajstić information content (AvgIpc) is 2.76. The van der Waals surface area contributed by atoms with Gasteiger partial charge in [0.1, 0.15) is 0 Å². The Balaban J connectivity index is -0.000000529. The van der Waals surface area contributed by atoms with Crippen LogP contribution in [0.15, 0.2) is 24.3 Å². The van der Waals surface area contributed by atoms with E-state index in [4.69, 9.17) is 9.47 Å². The van der Waals surface area contributed by atoms with Gasteiger partial charge in [0.25, 0.3) is 0 Å². The van der Waals surface area contributed by atoms with Crippen LogP contribution in [-0.4, -0.2) is 74.8 Å². The average molecular weight is 495 g/mol. The molecule has 0 fully saturated rings. The molecule has 0 N–H and O–H groups in total. The maximum Gasteiger partial charge on any atom is 2.00 e. The largest absolute Gasteiger partial charge is 2.00 e. The van der Waals surface area contributed by atoms with Gasteiger partial charge in [0.15, 0.2) is 0 Å². The van der Waals surface area contributed by atoms with Gasteiger partial charge in [0.05, 0.1) is 25.2 Å². The summed E-state index contributed by atoms with van der Waals surface area (Å²) in [5.41, 5.74) is 0. The van der Waals surface area contributed by atoms with E-state index in [2.05, 4.69) is 13.8 Å². The van der Waals surface area contributed by atoms with Crippen molar-refractivity contribution in [3.63, 3.8) is 0 Å². The Morgan fingerprint density at radius 2 is 1.00 bits per heavy atom. The molecular formula is C24H38CaO8. The third kappa shape index (κ3) is 26.8. The smallest absolute Gasteiger partial charge is 0.545 e. The van der Waals surface area contributed by atoms with Crippen LogP contribution in [0.2, 0.25) is 0 Å². The molecule has 0 aliphatic rings. The van der Waals surface area contributed by atoms with E-state index in [-0.39, 0.29) is 37.7 Å². The van der Waals surface area contributed by atoms with E-state index in [1.165, 1.54) is 0 Å². The summed E-state index contributed by atoms with van der Waals surface area (Å²) in [6, 6.07) is 0. The Morgan fingerprint density at radius 3 is 1.24 bits per heavy atom. The number of carboxylic acids is 2. The van der Waals surface area contributed by atoms with E-state index in [9.17, 15) is 29.4 Å². The number of hydrogen-bond donors (Lipinski definition) is 0. The molecule has 0 spiro atoms. The first-order chi connectivity index (χ1) is 15.2. The molecule has 0 aromatic heterocycles. The summed E-state index contributed by atoms with van der Waals surface area (Å²) < 4.78 is 9.85. The normalized spacial score (nSPS) is 12.2. The van der Waals surface area contributed by atoms with Gasteiger partial charge < -0.3 is 29.3 Å². The zero-order chi connectivity index (χ0) is 24.8. The van der Waals surface area contributed by atoms with Gasteiger partial charge in [-0.25, -0.2) is 9.59 Å². The molecule has 0 aromatic carbocycles. The van der Waals surface area contributed by atoms with Gasteiger partial charge >= 0.3 is 49.7 Å². The molecule has 0 heterocycles. The third-order valence-corrected chi connectivity index (χ3v) is 4.72. The molecule has 0 aliphatic heterocycles. The predicted molar refractivity (Wildman–Crippen MR) is 123 cm³/mol. The minimum atomic E-state index is -1.39. The number of carboxylic acid groups (broad SMARTS) is 2. The molecule has 0 bridgehead atoms. The van der Waals surface area contributed by atoms with E-state index < -0.39 is 23.9 Å². The summed E-state index contributed by atoms with van der Waals surface area (Å²) in [4.78, 5) is 42.2. The van der Waals surface area contributed by atoms with Gasteiger partial charge in [-0.3, -0.25) is 0 Å². The number of ether oxygens (including phenoxy) is 2. The zero-order valence-corrected chi connectivity index (χ0v) is 22.7. The van der Waals surface area contributed by atoms with Crippen LogP contribution in [0, 0.1) is 11.8 Å². The first-order valence-corrected chi connectivity index (χ1v) is 11.3. The summed E-state index contributed by atoms with van der Waals surface area (Å²) in [7, 11) is 0. The number of esters is 2. The van der Waals surface area contributed by atoms with E-state index in [0.717, 1.165) is 63.5 Å². The van der Waals surface area contributed by atoms with Gasteiger partial charge in [-0.1, -0.05) is 66.2 Å². The third-order valence-electron chi connectivity index (χ3n) is 4.72. The number of unbranched alkanes of at least 4 members (excludes halogenated alkanes) is 2. The van der Waals surface area contributed by atoms with E-state index in [0.29, 0.717) is 37.2 Å². The van der Waals surface area contributed by atoms with Crippen molar-refractivity contribution in [1.29, 1.82) is 0 Å². The number of rotatable bonds is 16. The van der Waals surface area contributed by atoms with Crippen molar-refractivity contribution in [3.8, 4) is 0 Å². The molecule has 0 radical (unpaired) electrons. The fraction of sp³-hybridized carbons (Fsp3) is 0.667. The molecule has 9 heteroatoms. The summed E-state index contributed by atoms with van der Waals surface area (Å²) in [6.07, 6.45) is 11.6. The number of carbonyl (C=O) groups is 4. The standard InChI is InChI=1S/2C12H20O4.Ca/c2*1-3-5-6-10(4-2)9-16-12(15)8-7-11(13)14;/h2*7-8,10H,3-6,9H2,1-2H3,(H,13,14);/q;;+2/p-2. The fourth-order valence-electron chi connectivity index (χ4n) is 2.56. The van der Waals surface area contributed by atoms with Crippen molar-refractivity contribution < 1.29 is 38.9 Å². The monoisotopic (exact) mass is 494 g/mol. The molecule has 0 amide bonds. The Labute approximate surface area is 227 Å². The van der Waals surface area contributed by atoms with Gasteiger partial charge in [-0.15, -0.1) is 0 Å². The molecule has 0 aromatic rings. The van der Waals surface area contributed by atoms with Crippen LogP contribution >= 0.6 is 0 Å². The van der Waals surface area contributed by atoms with Crippen molar-refractivity contribution in [2.24, 2.45) is 11.8 Å². The second-order valence-electron chi connectivity index (χ2n) is 7.40. The molecular weight excluding hydrogens is 456 g/mol. The van der Waals surface area contributed by atoms with Crippen LogP contribution in [0.3, 0.4) is 0 Å². The SMILES string of the molecule is CCCCC(CC)COC(=O)C=CC(=O)[O-].CCCCC(CC)COC(=O)C=CC(=O)[O-].[Ca+2]. The second-order valence-corrected chi connectivity index (χ2v) is 7.40. The van der Waals surface area contributed by atoms with E-state index in [1.54, 1.807) is 0 Å². The summed E-state index contributed by atoms with van der Waals surface area (Å²) in [5.74, 6) is -3.32. The first kappa shape index (κ1) is 36.2. The summed E-state index contributed by atoms with van der Waals surface area (Å²) in [5, 5.41) is 20.1. The van der Waals surface area contributed by atoms with Gasteiger partial charge in [-0.2, -0.15) is 0 Å². The fourth-order valence-corrected chi connectivity index (χ4v) is 2.56. The molecule has 33 heavy (non-hydrogen) atoms. The summed E-state index contributed by atoms with van der Waals surface area (Å²) in [6.45, 7) is 9.03. The van der Waals surface area contributed by atoms with Gasteiger partial charge in [0, 0.05) is 12.2 Å². The molecule has 8 nitrogen and oxygen atoms in total. The van der Waals surface area contributed by atoms with Crippen LogP contribution < -0.4 is 10.2 Å². The number of aliphatic carboxylic acids is 2. The molecule has 0 saturated carbocycles. The minimum absolute atomic E-state index is 0. The predicted octanol–water partition coefficient (Wildman–Crippen LogP) is 1.72. The Morgan fingerprint density at radius 1 is 0.667 bits per heavy atom. The summed E-state index contributed by atoms with van der Waals surface area (Å²) >= 11 is 0. The van der Waals surface area contributed by atoms with Crippen LogP contribution in [0.5, 0.6) is 0 Å². The Bertz CT molecular complexity index is 549. The minimum Gasteiger partial charge on any atom is -0.545 e. The van der Waals surface area contributed by atoms with Gasteiger partial charge in [-0.05, 0) is 36.8 Å². The van der Waals surface area contributed by atoms with Crippen molar-refractivity contribution in [2.75, 3.05) is 13.2 Å². The molecule has 2 unspecified atom stereocenters. The topological polar surface area (TPSA) is 133 Å². The Hall–Kier alpha value is -1.38. The second kappa shape index (κ2) is 25.2. The molecule has 0 rings (SSSR count). The van der Waals surface area contributed by atoms with Crippen molar-refractivity contribution in [1.82, 2.24) is 0 Å². The number of hydrogen-bond acceptors (Lipinski definition) is 8. The quantitative estimate of drug-likeness (QED) is 0.180. The van der Waals surface area contributed by atoms with Crippen molar-refractivity contribution in [2.45, 2.75) is 79.1 Å².